The summed E-state index contributed by atoms with van der Waals surface area (Å²) in [5, 5.41) is 2.99. The van der Waals surface area contributed by atoms with E-state index in [2.05, 4.69) is 17.4 Å². The zero-order valence-corrected chi connectivity index (χ0v) is 13.3. The second kappa shape index (κ2) is 7.14. The molecule has 1 aromatic carbocycles. The number of anilines is 1. The minimum atomic E-state index is -0.0273. The van der Waals surface area contributed by atoms with Gasteiger partial charge in [0.15, 0.2) is 0 Å². The van der Waals surface area contributed by atoms with Gasteiger partial charge in [-0.05, 0) is 49.3 Å². The fraction of sp³-hybridized carbons (Fsp3) is 0.611. The van der Waals surface area contributed by atoms with Gasteiger partial charge in [0.2, 0.25) is 0 Å². The van der Waals surface area contributed by atoms with E-state index in [9.17, 15) is 4.79 Å². The Morgan fingerprint density at radius 1 is 1.05 bits per heavy atom. The molecule has 0 radical (unpaired) electrons. The van der Waals surface area contributed by atoms with Gasteiger partial charge in [-0.2, -0.15) is 0 Å². The zero-order chi connectivity index (χ0) is 15.4. The van der Waals surface area contributed by atoms with Gasteiger partial charge in [-0.25, -0.2) is 4.79 Å². The van der Waals surface area contributed by atoms with Crippen molar-refractivity contribution in [3.63, 3.8) is 0 Å². The van der Waals surface area contributed by atoms with Crippen molar-refractivity contribution < 1.29 is 4.79 Å². The molecule has 0 spiro atoms. The first-order valence-electron chi connectivity index (χ1n) is 8.64. The molecule has 1 saturated carbocycles. The zero-order valence-electron chi connectivity index (χ0n) is 13.3. The maximum Gasteiger partial charge on any atom is 0.321 e. The number of nitrogens with one attached hydrogen (secondary N) is 1. The summed E-state index contributed by atoms with van der Waals surface area (Å²) in [7, 11) is 0. The first kappa shape index (κ1) is 15.3. The van der Waals surface area contributed by atoms with Crippen molar-refractivity contribution in [1.82, 2.24) is 4.90 Å². The summed E-state index contributed by atoms with van der Waals surface area (Å²) in [6, 6.07) is 8.51. The van der Waals surface area contributed by atoms with E-state index < -0.39 is 0 Å². The molecule has 4 heteroatoms. The molecule has 120 valence electrons. The van der Waals surface area contributed by atoms with Crippen LogP contribution in [0.1, 0.15) is 56.4 Å². The lowest BCUT2D eigenvalue weighted by Gasteiger charge is -2.30. The Balaban J connectivity index is 1.57. The third-order valence-electron chi connectivity index (χ3n) is 4.98. The van der Waals surface area contributed by atoms with Crippen molar-refractivity contribution in [1.29, 1.82) is 0 Å². The van der Waals surface area contributed by atoms with Crippen molar-refractivity contribution in [2.45, 2.75) is 56.9 Å². The fourth-order valence-corrected chi connectivity index (χ4v) is 3.67. The minimum absolute atomic E-state index is 0.0273. The Kier molecular flexibility index (Phi) is 4.98. The van der Waals surface area contributed by atoms with Gasteiger partial charge in [0.05, 0.1) is 0 Å². The second-order valence-electron chi connectivity index (χ2n) is 6.74. The van der Waals surface area contributed by atoms with Crippen LogP contribution in [-0.2, 0) is 0 Å². The highest BCUT2D eigenvalue weighted by molar-refractivity contribution is 5.89. The number of nitrogens with zero attached hydrogens (tertiary/aromatic N) is 1. The Morgan fingerprint density at radius 2 is 1.77 bits per heavy atom. The van der Waals surface area contributed by atoms with Gasteiger partial charge in [0.1, 0.15) is 0 Å². The molecule has 2 fully saturated rings. The number of likely N-dealkylation sites (tertiary alicyclic amines) is 1. The third-order valence-corrected chi connectivity index (χ3v) is 4.98. The van der Waals surface area contributed by atoms with E-state index in [4.69, 9.17) is 5.73 Å². The molecule has 2 aliphatic rings. The molecular weight excluding hydrogens is 274 g/mol. The number of benzene rings is 1. The van der Waals surface area contributed by atoms with Crippen LogP contribution in [0.15, 0.2) is 24.3 Å². The van der Waals surface area contributed by atoms with Crippen molar-refractivity contribution >= 4 is 11.7 Å². The average molecular weight is 301 g/mol. The van der Waals surface area contributed by atoms with Crippen molar-refractivity contribution in [3.05, 3.63) is 29.8 Å². The summed E-state index contributed by atoms with van der Waals surface area (Å²) in [5.41, 5.74) is 8.23. The van der Waals surface area contributed by atoms with Crippen LogP contribution in [0.5, 0.6) is 0 Å². The summed E-state index contributed by atoms with van der Waals surface area (Å²) in [6.45, 7) is 1.46. The second-order valence-corrected chi connectivity index (χ2v) is 6.74. The van der Waals surface area contributed by atoms with E-state index in [1.807, 2.05) is 17.0 Å². The highest BCUT2D eigenvalue weighted by Gasteiger charge is 2.21. The van der Waals surface area contributed by atoms with E-state index in [1.165, 1.54) is 37.7 Å². The van der Waals surface area contributed by atoms with Crippen molar-refractivity contribution in [2.75, 3.05) is 18.4 Å². The first-order valence-corrected chi connectivity index (χ1v) is 8.64. The summed E-state index contributed by atoms with van der Waals surface area (Å²) < 4.78 is 0. The predicted molar refractivity (Wildman–Crippen MR) is 90.1 cm³/mol. The van der Waals surface area contributed by atoms with Gasteiger partial charge in [0, 0.05) is 24.8 Å². The number of rotatable bonds is 2. The highest BCUT2D eigenvalue weighted by atomic mass is 16.2. The number of urea groups is 1. The molecule has 1 saturated heterocycles. The number of piperidine rings is 1. The maximum absolute atomic E-state index is 12.3. The molecule has 0 bridgehead atoms. The SMILES string of the molecule is N[C@@H]1CCCN(C(=O)Nc2ccc(C3CCCCC3)cc2)C1. The fourth-order valence-electron chi connectivity index (χ4n) is 3.67. The Hall–Kier alpha value is -1.55. The highest BCUT2D eigenvalue weighted by Crippen LogP contribution is 2.33. The van der Waals surface area contributed by atoms with Crippen LogP contribution in [0, 0.1) is 0 Å². The van der Waals surface area contributed by atoms with Crippen LogP contribution < -0.4 is 11.1 Å². The number of nitrogens with two attached hydrogens (primary N) is 1. The average Bonchev–Trinajstić information content (AvgIpc) is 2.56. The monoisotopic (exact) mass is 301 g/mol. The molecular formula is C18H27N3O. The van der Waals surface area contributed by atoms with E-state index >= 15 is 0 Å². The molecule has 3 N–H and O–H groups in total. The topological polar surface area (TPSA) is 58.4 Å². The summed E-state index contributed by atoms with van der Waals surface area (Å²) >= 11 is 0. The smallest absolute Gasteiger partial charge is 0.321 e. The van der Waals surface area contributed by atoms with Crippen LogP contribution in [0.25, 0.3) is 0 Å². The summed E-state index contributed by atoms with van der Waals surface area (Å²) in [4.78, 5) is 14.1. The number of carbonyl (C=O) groups excluding carboxylic acids is 1. The van der Waals surface area contributed by atoms with E-state index in [0.717, 1.165) is 25.1 Å². The summed E-state index contributed by atoms with van der Waals surface area (Å²) in [5.74, 6) is 0.707. The molecule has 1 aromatic rings. The molecule has 2 amide bonds. The standard InChI is InChI=1S/C18H27N3O/c19-16-7-4-12-21(13-16)18(22)20-17-10-8-15(9-11-17)14-5-2-1-3-6-14/h8-11,14,16H,1-7,12-13,19H2,(H,20,22)/t16-/m1/s1. The largest absolute Gasteiger partial charge is 0.326 e. The summed E-state index contributed by atoms with van der Waals surface area (Å²) in [6.07, 6.45) is 8.68. The van der Waals surface area contributed by atoms with Gasteiger partial charge in [-0.3, -0.25) is 0 Å². The molecule has 0 aromatic heterocycles. The normalized spacial score (nSPS) is 23.3. The molecule has 22 heavy (non-hydrogen) atoms. The molecule has 1 heterocycles. The number of amides is 2. The van der Waals surface area contributed by atoms with E-state index in [1.54, 1.807) is 0 Å². The maximum atomic E-state index is 12.3. The van der Waals surface area contributed by atoms with Crippen LogP contribution in [0.2, 0.25) is 0 Å². The first-order chi connectivity index (χ1) is 10.7. The van der Waals surface area contributed by atoms with E-state index in [-0.39, 0.29) is 12.1 Å². The van der Waals surface area contributed by atoms with Gasteiger partial charge in [0.25, 0.3) is 0 Å². The molecule has 4 nitrogen and oxygen atoms in total. The third kappa shape index (κ3) is 3.80. The lowest BCUT2D eigenvalue weighted by Crippen LogP contribution is -2.47. The molecule has 1 aliphatic heterocycles. The number of carbonyl (C=O) groups is 1. The van der Waals surface area contributed by atoms with Crippen LogP contribution >= 0.6 is 0 Å². The number of hydrogen-bond donors (Lipinski definition) is 2. The van der Waals surface area contributed by atoms with Gasteiger partial charge in [-0.1, -0.05) is 31.4 Å². The van der Waals surface area contributed by atoms with Crippen molar-refractivity contribution in [3.8, 4) is 0 Å². The quantitative estimate of drug-likeness (QED) is 0.875. The lowest BCUT2D eigenvalue weighted by molar-refractivity contribution is 0.193. The van der Waals surface area contributed by atoms with Gasteiger partial charge >= 0.3 is 6.03 Å². The van der Waals surface area contributed by atoms with E-state index in [0.29, 0.717) is 12.5 Å². The molecule has 1 atom stereocenters. The van der Waals surface area contributed by atoms with Gasteiger partial charge < -0.3 is 16.0 Å². The van der Waals surface area contributed by atoms with Crippen molar-refractivity contribution in [2.24, 2.45) is 5.73 Å². The van der Waals surface area contributed by atoms with Crippen LogP contribution in [-0.4, -0.2) is 30.1 Å². The number of hydrogen-bond acceptors (Lipinski definition) is 2. The Labute approximate surface area is 133 Å². The predicted octanol–water partition coefficient (Wildman–Crippen LogP) is 3.69. The Morgan fingerprint density at radius 3 is 2.45 bits per heavy atom. The van der Waals surface area contributed by atoms with Crippen LogP contribution in [0.4, 0.5) is 10.5 Å². The lowest BCUT2D eigenvalue weighted by atomic mass is 9.84. The molecule has 3 rings (SSSR count). The van der Waals surface area contributed by atoms with Gasteiger partial charge in [-0.15, -0.1) is 0 Å². The Bertz CT molecular complexity index is 494. The molecule has 0 unspecified atom stereocenters. The molecule has 1 aliphatic carbocycles. The minimum Gasteiger partial charge on any atom is -0.326 e. The van der Waals surface area contributed by atoms with Crippen LogP contribution in [0.3, 0.4) is 0 Å².